The number of benzene rings is 1. The summed E-state index contributed by atoms with van der Waals surface area (Å²) >= 11 is 0. The van der Waals surface area contributed by atoms with Gasteiger partial charge in [0.15, 0.2) is 0 Å². The van der Waals surface area contributed by atoms with E-state index in [1.165, 1.54) is 11.1 Å². The Kier molecular flexibility index (Phi) is 4.12. The molecule has 1 aliphatic rings. The number of carbonyl (C=O) groups excluding carboxylic acids is 1. The fraction of sp³-hybridized carbons (Fsp3) is 0.462. The maximum absolute atomic E-state index is 11.2. The van der Waals surface area contributed by atoms with Gasteiger partial charge in [-0.05, 0) is 24.1 Å². The zero-order valence-electron chi connectivity index (χ0n) is 9.98. The van der Waals surface area contributed by atoms with Gasteiger partial charge in [0, 0.05) is 19.6 Å². The van der Waals surface area contributed by atoms with Crippen LogP contribution >= 0.6 is 0 Å². The average molecular weight is 233 g/mol. The van der Waals surface area contributed by atoms with Crippen molar-refractivity contribution in [2.45, 2.75) is 13.0 Å². The molecule has 3 N–H and O–H groups in total. The van der Waals surface area contributed by atoms with Crippen molar-refractivity contribution >= 4 is 5.91 Å². The van der Waals surface area contributed by atoms with E-state index in [2.05, 4.69) is 34.5 Å². The van der Waals surface area contributed by atoms with E-state index in [-0.39, 0.29) is 5.91 Å². The molecule has 1 heterocycles. The van der Waals surface area contributed by atoms with Crippen molar-refractivity contribution in [3.05, 3.63) is 35.4 Å². The lowest BCUT2D eigenvalue weighted by atomic mass is 10.1. The lowest BCUT2D eigenvalue weighted by Gasteiger charge is -2.26. The van der Waals surface area contributed by atoms with Crippen LogP contribution in [0, 0.1) is 0 Å². The first kappa shape index (κ1) is 12.1. The number of hydrogen-bond donors (Lipinski definition) is 2. The second-order valence-corrected chi connectivity index (χ2v) is 4.42. The van der Waals surface area contributed by atoms with Crippen LogP contribution in [-0.4, -0.2) is 37.0 Å². The highest BCUT2D eigenvalue weighted by Crippen LogP contribution is 2.08. The standard InChI is InChI=1S/C13H19N3O/c14-6-5-11-1-3-12(4-2-11)9-16-8-7-15-13(17)10-16/h1-4H,5-10,14H2,(H,15,17). The summed E-state index contributed by atoms with van der Waals surface area (Å²) in [6, 6.07) is 8.48. The molecule has 4 nitrogen and oxygen atoms in total. The number of nitrogens with one attached hydrogen (secondary N) is 1. The van der Waals surface area contributed by atoms with Crippen molar-refractivity contribution in [2.75, 3.05) is 26.2 Å². The molecular weight excluding hydrogens is 214 g/mol. The van der Waals surface area contributed by atoms with Gasteiger partial charge in [0.05, 0.1) is 6.54 Å². The Morgan fingerprint density at radius 2 is 1.94 bits per heavy atom. The van der Waals surface area contributed by atoms with Crippen LogP contribution in [-0.2, 0) is 17.8 Å². The van der Waals surface area contributed by atoms with Crippen LogP contribution in [0.25, 0.3) is 0 Å². The molecule has 1 amide bonds. The van der Waals surface area contributed by atoms with E-state index in [9.17, 15) is 4.79 Å². The predicted octanol–water partition coefficient (Wildman–Crippen LogP) is 0.120. The summed E-state index contributed by atoms with van der Waals surface area (Å²) < 4.78 is 0. The van der Waals surface area contributed by atoms with Crippen molar-refractivity contribution in [2.24, 2.45) is 5.73 Å². The van der Waals surface area contributed by atoms with E-state index in [0.29, 0.717) is 13.1 Å². The maximum atomic E-state index is 11.2. The molecule has 0 unspecified atom stereocenters. The van der Waals surface area contributed by atoms with Crippen LogP contribution in [0.2, 0.25) is 0 Å². The second kappa shape index (κ2) is 5.80. The van der Waals surface area contributed by atoms with Crippen molar-refractivity contribution in [1.29, 1.82) is 0 Å². The molecule has 1 aromatic carbocycles. The zero-order chi connectivity index (χ0) is 12.1. The first-order valence-electron chi connectivity index (χ1n) is 6.05. The third kappa shape index (κ3) is 3.54. The fourth-order valence-electron chi connectivity index (χ4n) is 2.06. The van der Waals surface area contributed by atoms with E-state index in [1.807, 2.05) is 0 Å². The smallest absolute Gasteiger partial charge is 0.234 e. The Bertz CT molecular complexity index is 375. The van der Waals surface area contributed by atoms with E-state index >= 15 is 0 Å². The molecule has 17 heavy (non-hydrogen) atoms. The number of piperazine rings is 1. The van der Waals surface area contributed by atoms with Gasteiger partial charge in [-0.25, -0.2) is 0 Å². The van der Waals surface area contributed by atoms with Crippen molar-refractivity contribution in [3.63, 3.8) is 0 Å². The lowest BCUT2D eigenvalue weighted by Crippen LogP contribution is -2.47. The molecular formula is C13H19N3O. The van der Waals surface area contributed by atoms with Crippen LogP contribution in [0.3, 0.4) is 0 Å². The van der Waals surface area contributed by atoms with Gasteiger partial charge < -0.3 is 11.1 Å². The van der Waals surface area contributed by atoms with Crippen molar-refractivity contribution < 1.29 is 4.79 Å². The molecule has 1 saturated heterocycles. The van der Waals surface area contributed by atoms with Crippen LogP contribution in [0.4, 0.5) is 0 Å². The molecule has 2 rings (SSSR count). The molecule has 0 saturated carbocycles. The first-order chi connectivity index (χ1) is 8.28. The minimum atomic E-state index is 0.121. The zero-order valence-corrected chi connectivity index (χ0v) is 9.98. The number of amides is 1. The summed E-state index contributed by atoms with van der Waals surface area (Å²) in [5.41, 5.74) is 8.03. The average Bonchev–Trinajstić information content (AvgIpc) is 2.32. The molecule has 0 aromatic heterocycles. The largest absolute Gasteiger partial charge is 0.354 e. The van der Waals surface area contributed by atoms with Gasteiger partial charge in [-0.2, -0.15) is 0 Å². The van der Waals surface area contributed by atoms with Gasteiger partial charge in [-0.15, -0.1) is 0 Å². The Morgan fingerprint density at radius 1 is 1.24 bits per heavy atom. The van der Waals surface area contributed by atoms with Gasteiger partial charge in [0.2, 0.25) is 5.91 Å². The summed E-state index contributed by atoms with van der Waals surface area (Å²) in [5, 5.41) is 2.83. The second-order valence-electron chi connectivity index (χ2n) is 4.42. The molecule has 1 fully saturated rings. The molecule has 1 aliphatic heterocycles. The number of hydrogen-bond acceptors (Lipinski definition) is 3. The van der Waals surface area contributed by atoms with Gasteiger partial charge in [-0.3, -0.25) is 9.69 Å². The third-order valence-electron chi connectivity index (χ3n) is 2.98. The van der Waals surface area contributed by atoms with Crippen LogP contribution in [0.5, 0.6) is 0 Å². The Morgan fingerprint density at radius 3 is 2.59 bits per heavy atom. The summed E-state index contributed by atoms with van der Waals surface area (Å²) in [6.45, 7) is 3.72. The summed E-state index contributed by atoms with van der Waals surface area (Å²) in [7, 11) is 0. The van der Waals surface area contributed by atoms with E-state index in [0.717, 1.165) is 26.1 Å². The van der Waals surface area contributed by atoms with Crippen LogP contribution < -0.4 is 11.1 Å². The minimum Gasteiger partial charge on any atom is -0.354 e. The summed E-state index contributed by atoms with van der Waals surface area (Å²) in [5.74, 6) is 0.121. The van der Waals surface area contributed by atoms with Gasteiger partial charge >= 0.3 is 0 Å². The van der Waals surface area contributed by atoms with Gasteiger partial charge in [0.25, 0.3) is 0 Å². The highest BCUT2D eigenvalue weighted by molar-refractivity contribution is 5.78. The molecule has 0 atom stereocenters. The SMILES string of the molecule is NCCc1ccc(CN2CCNC(=O)C2)cc1. The topological polar surface area (TPSA) is 58.4 Å². The van der Waals surface area contributed by atoms with Crippen LogP contribution in [0.1, 0.15) is 11.1 Å². The fourth-order valence-corrected chi connectivity index (χ4v) is 2.06. The van der Waals surface area contributed by atoms with Gasteiger partial charge in [0.1, 0.15) is 0 Å². The highest BCUT2D eigenvalue weighted by Gasteiger charge is 2.15. The Hall–Kier alpha value is -1.39. The number of carbonyl (C=O) groups is 1. The minimum absolute atomic E-state index is 0.121. The normalized spacial score (nSPS) is 16.9. The molecule has 0 radical (unpaired) electrons. The van der Waals surface area contributed by atoms with Crippen molar-refractivity contribution in [1.82, 2.24) is 10.2 Å². The quantitative estimate of drug-likeness (QED) is 0.776. The van der Waals surface area contributed by atoms with Crippen LogP contribution in [0.15, 0.2) is 24.3 Å². The predicted molar refractivity (Wildman–Crippen MR) is 67.5 cm³/mol. The van der Waals surface area contributed by atoms with E-state index in [1.54, 1.807) is 0 Å². The van der Waals surface area contributed by atoms with Gasteiger partial charge in [-0.1, -0.05) is 24.3 Å². The maximum Gasteiger partial charge on any atom is 0.234 e. The molecule has 92 valence electrons. The first-order valence-corrected chi connectivity index (χ1v) is 6.05. The molecule has 0 bridgehead atoms. The van der Waals surface area contributed by atoms with Crippen molar-refractivity contribution in [3.8, 4) is 0 Å². The molecule has 0 spiro atoms. The summed E-state index contributed by atoms with van der Waals surface area (Å²) in [4.78, 5) is 13.4. The molecule has 4 heteroatoms. The lowest BCUT2D eigenvalue weighted by molar-refractivity contribution is -0.124. The van der Waals surface area contributed by atoms with E-state index < -0.39 is 0 Å². The number of nitrogens with zero attached hydrogens (tertiary/aromatic N) is 1. The monoisotopic (exact) mass is 233 g/mol. The van der Waals surface area contributed by atoms with E-state index in [4.69, 9.17) is 5.73 Å². The summed E-state index contributed by atoms with van der Waals surface area (Å²) in [6.07, 6.45) is 0.923. The Labute approximate surface area is 102 Å². The molecule has 0 aliphatic carbocycles. The number of nitrogens with two attached hydrogens (primary N) is 1. The Balaban J connectivity index is 1.91. The third-order valence-corrected chi connectivity index (χ3v) is 2.98. The number of rotatable bonds is 4. The molecule has 1 aromatic rings. The highest BCUT2D eigenvalue weighted by atomic mass is 16.2.